The van der Waals surface area contributed by atoms with Crippen molar-refractivity contribution in [2.75, 3.05) is 32.7 Å². The molecule has 11 nitrogen and oxygen atoms in total. The summed E-state index contributed by atoms with van der Waals surface area (Å²) >= 11 is 0. The summed E-state index contributed by atoms with van der Waals surface area (Å²) < 4.78 is 28.7. The lowest BCUT2D eigenvalue weighted by Crippen LogP contribution is -2.57. The van der Waals surface area contributed by atoms with Crippen LogP contribution in [0, 0.1) is 11.3 Å². The smallest absolute Gasteiger partial charge is 0.342 e. The SMILES string of the molecule is COC[C@H]1OC(=O)c2coc3c2[C@@]1(C)C1=C(C3=O)C2CCC(=O)[C@@]2(C)C[C@H]1OC(=O)Cc1cc(=O)oc2cc(N(C)C)ccc12. The quantitative estimate of drug-likeness (QED) is 0.294. The van der Waals surface area contributed by atoms with Gasteiger partial charge < -0.3 is 27.9 Å². The minimum Gasteiger partial charge on any atom is -0.460 e. The first-order valence-corrected chi connectivity index (χ1v) is 15.0. The summed E-state index contributed by atoms with van der Waals surface area (Å²) in [5.41, 5.74) is 0.317. The Balaban J connectivity index is 1.34. The Morgan fingerprint density at radius 2 is 1.89 bits per heavy atom. The van der Waals surface area contributed by atoms with Gasteiger partial charge in [-0.1, -0.05) is 6.92 Å². The molecule has 0 saturated heterocycles. The number of methoxy groups -OCH3 is 1. The first kappa shape index (κ1) is 29.2. The predicted octanol–water partition coefficient (Wildman–Crippen LogP) is 3.93. The molecule has 1 unspecified atom stereocenters. The zero-order chi connectivity index (χ0) is 32.0. The van der Waals surface area contributed by atoms with Crippen LogP contribution < -0.4 is 10.5 Å². The minimum absolute atomic E-state index is 0.00384. The van der Waals surface area contributed by atoms with E-state index in [9.17, 15) is 24.0 Å². The summed E-state index contributed by atoms with van der Waals surface area (Å²) in [5, 5.41) is 0.588. The molecule has 3 aromatic rings. The number of furan rings is 1. The zero-order valence-electron chi connectivity index (χ0n) is 25.7. The molecule has 3 aliphatic carbocycles. The number of ketones is 2. The molecule has 5 atom stereocenters. The van der Waals surface area contributed by atoms with E-state index in [1.165, 1.54) is 19.4 Å². The Labute approximate surface area is 258 Å². The van der Waals surface area contributed by atoms with Crippen molar-refractivity contribution in [2.45, 2.75) is 57.2 Å². The summed E-state index contributed by atoms with van der Waals surface area (Å²) in [7, 11) is 5.22. The number of Topliss-reactive ketones (excluding diaryl/α,β-unsaturated/α-hetero) is 2. The highest BCUT2D eigenvalue weighted by Crippen LogP contribution is 2.61. The van der Waals surface area contributed by atoms with Gasteiger partial charge >= 0.3 is 17.6 Å². The molecule has 0 bridgehead atoms. The second-order valence-electron chi connectivity index (χ2n) is 13.0. The van der Waals surface area contributed by atoms with Crippen molar-refractivity contribution < 1.29 is 42.2 Å². The Kier molecular flexibility index (Phi) is 6.49. The minimum atomic E-state index is -1.13. The largest absolute Gasteiger partial charge is 0.460 e. The van der Waals surface area contributed by atoms with Crippen LogP contribution in [-0.4, -0.2) is 63.5 Å². The molecule has 0 amide bonds. The summed E-state index contributed by atoms with van der Waals surface area (Å²) in [4.78, 5) is 68.7. The van der Waals surface area contributed by atoms with Crippen LogP contribution in [0.1, 0.15) is 65.1 Å². The standard InChI is InChI=1S/C34H33NO10/c1-33-13-22(44-26(38)11-16-10-25(37)43-21-12-17(35(3)4)6-7-18(16)21)29-27(20(33)8-9-23(33)36)30(39)31-28-19(14-42-31)32(40)45-24(15-41-5)34(28,29)2/h6-7,10,12,14,20,22,24H,8-9,11,13,15H2,1-5H3/t20?,22-,24-,33+,34+/m1/s1. The van der Waals surface area contributed by atoms with Crippen LogP contribution in [0.5, 0.6) is 0 Å². The number of allylic oxidation sites excluding steroid dienone is 1. The fourth-order valence-electron chi connectivity index (χ4n) is 8.08. The number of ether oxygens (including phenoxy) is 3. The molecular formula is C34H33NO10. The second-order valence-corrected chi connectivity index (χ2v) is 13.0. The Morgan fingerprint density at radius 3 is 2.62 bits per heavy atom. The molecule has 1 fully saturated rings. The van der Waals surface area contributed by atoms with Crippen molar-refractivity contribution in [3.63, 3.8) is 0 Å². The highest BCUT2D eigenvalue weighted by atomic mass is 16.6. The number of anilines is 1. The molecule has 0 N–H and O–H groups in total. The normalized spacial score (nSPS) is 28.5. The lowest BCUT2D eigenvalue weighted by atomic mass is 9.54. The van der Waals surface area contributed by atoms with Gasteiger partial charge in [-0.25, -0.2) is 9.59 Å². The number of benzene rings is 1. The number of cyclic esters (lactones) is 1. The van der Waals surface area contributed by atoms with Crippen molar-refractivity contribution >= 4 is 40.2 Å². The van der Waals surface area contributed by atoms with Gasteiger partial charge in [-0.3, -0.25) is 14.4 Å². The number of hydrogen-bond donors (Lipinski definition) is 0. The van der Waals surface area contributed by atoms with E-state index >= 15 is 0 Å². The van der Waals surface area contributed by atoms with Gasteiger partial charge in [0.15, 0.2) is 5.76 Å². The summed E-state index contributed by atoms with van der Waals surface area (Å²) in [6.45, 7) is 3.68. The molecule has 45 heavy (non-hydrogen) atoms. The molecule has 1 saturated carbocycles. The molecule has 4 aliphatic rings. The van der Waals surface area contributed by atoms with E-state index in [0.29, 0.717) is 39.7 Å². The summed E-state index contributed by atoms with van der Waals surface area (Å²) in [5.74, 6) is -2.07. The molecule has 1 aliphatic heterocycles. The number of nitrogens with zero attached hydrogens (tertiary/aromatic N) is 1. The highest BCUT2D eigenvalue weighted by Gasteiger charge is 2.64. The molecule has 3 heterocycles. The van der Waals surface area contributed by atoms with E-state index in [-0.39, 0.29) is 43.0 Å². The van der Waals surface area contributed by atoms with E-state index in [4.69, 9.17) is 23.0 Å². The van der Waals surface area contributed by atoms with Crippen molar-refractivity contribution in [2.24, 2.45) is 11.3 Å². The van der Waals surface area contributed by atoms with Crippen molar-refractivity contribution in [3.05, 3.63) is 74.5 Å². The molecule has 234 valence electrons. The Morgan fingerprint density at radius 1 is 1.11 bits per heavy atom. The average molecular weight is 616 g/mol. The first-order chi connectivity index (χ1) is 21.4. The monoisotopic (exact) mass is 615 g/mol. The van der Waals surface area contributed by atoms with Gasteiger partial charge in [-0.15, -0.1) is 0 Å². The topological polar surface area (TPSA) is 143 Å². The zero-order valence-corrected chi connectivity index (χ0v) is 25.7. The van der Waals surface area contributed by atoms with Gasteiger partial charge in [0.2, 0.25) is 5.78 Å². The third kappa shape index (κ3) is 4.09. The fourth-order valence-corrected chi connectivity index (χ4v) is 8.08. The number of hydrogen-bond acceptors (Lipinski definition) is 11. The van der Waals surface area contributed by atoms with E-state index in [0.717, 1.165) is 5.69 Å². The highest BCUT2D eigenvalue weighted by molar-refractivity contribution is 6.14. The number of carbonyl (C=O) groups excluding carboxylic acids is 4. The van der Waals surface area contributed by atoms with Crippen LogP contribution in [-0.2, 0) is 35.6 Å². The van der Waals surface area contributed by atoms with Crippen LogP contribution >= 0.6 is 0 Å². The lowest BCUT2D eigenvalue weighted by molar-refractivity contribution is -0.151. The number of rotatable bonds is 6. The van der Waals surface area contributed by atoms with E-state index in [2.05, 4.69) is 0 Å². The fraction of sp³-hybridized carbons (Fsp3) is 0.441. The molecular weight excluding hydrogens is 582 g/mol. The van der Waals surface area contributed by atoms with Crippen molar-refractivity contribution in [1.82, 2.24) is 0 Å². The van der Waals surface area contributed by atoms with Crippen molar-refractivity contribution in [3.8, 4) is 0 Å². The Hall–Kier alpha value is -4.51. The van der Waals surface area contributed by atoms with Gasteiger partial charge in [0.05, 0.1) is 18.4 Å². The molecule has 0 radical (unpaired) electrons. The maximum absolute atomic E-state index is 14.2. The molecule has 11 heteroatoms. The van der Waals surface area contributed by atoms with Gasteiger partial charge in [-0.05, 0) is 36.6 Å². The molecule has 0 spiro atoms. The number of carbonyl (C=O) groups is 4. The van der Waals surface area contributed by atoms with E-state index in [1.54, 1.807) is 12.1 Å². The van der Waals surface area contributed by atoms with Crippen LogP contribution in [0.15, 0.2) is 55.3 Å². The summed E-state index contributed by atoms with van der Waals surface area (Å²) in [6.07, 6.45) is 0.0460. The van der Waals surface area contributed by atoms with Crippen LogP contribution in [0.4, 0.5) is 5.69 Å². The second kappa shape index (κ2) is 10.00. The first-order valence-electron chi connectivity index (χ1n) is 15.0. The molecule has 2 aromatic heterocycles. The molecule has 1 aromatic carbocycles. The number of fused-ring (bicyclic) bond motifs is 4. The average Bonchev–Trinajstić information content (AvgIpc) is 3.56. The van der Waals surface area contributed by atoms with Crippen LogP contribution in [0.25, 0.3) is 11.0 Å². The lowest BCUT2D eigenvalue weighted by Gasteiger charge is -2.51. The van der Waals surface area contributed by atoms with Crippen LogP contribution in [0.2, 0.25) is 0 Å². The van der Waals surface area contributed by atoms with E-state index in [1.807, 2.05) is 38.9 Å². The number of esters is 2. The summed E-state index contributed by atoms with van der Waals surface area (Å²) in [6, 6.07) is 6.64. The Bertz CT molecular complexity index is 1910. The third-order valence-electron chi connectivity index (χ3n) is 10.3. The third-order valence-corrected chi connectivity index (χ3v) is 10.3. The molecule has 7 rings (SSSR count). The van der Waals surface area contributed by atoms with Gasteiger partial charge in [-0.2, -0.15) is 0 Å². The van der Waals surface area contributed by atoms with Crippen molar-refractivity contribution in [1.29, 1.82) is 0 Å². The maximum Gasteiger partial charge on any atom is 0.342 e. The van der Waals surface area contributed by atoms with Gasteiger partial charge in [0.25, 0.3) is 0 Å². The van der Waals surface area contributed by atoms with Crippen LogP contribution in [0.3, 0.4) is 0 Å². The van der Waals surface area contributed by atoms with Gasteiger partial charge in [0, 0.05) is 79.7 Å². The van der Waals surface area contributed by atoms with Gasteiger partial charge in [0.1, 0.15) is 35.4 Å². The maximum atomic E-state index is 14.2. The van der Waals surface area contributed by atoms with E-state index < -0.39 is 52.3 Å². The predicted molar refractivity (Wildman–Crippen MR) is 159 cm³/mol.